The molecule has 0 spiro atoms. The molecule has 0 saturated carbocycles. The lowest BCUT2D eigenvalue weighted by Crippen LogP contribution is -1.96. The number of aryl methyl sites for hydroxylation is 1. The van der Waals surface area contributed by atoms with Gasteiger partial charge >= 0.3 is 0 Å². The summed E-state index contributed by atoms with van der Waals surface area (Å²) >= 11 is 0. The molecule has 90 valence electrons. The number of hydrogen-bond donors (Lipinski definition) is 1. The number of benzene rings is 1. The average molecular weight is 229 g/mol. The molecule has 0 heterocycles. The van der Waals surface area contributed by atoms with Gasteiger partial charge in [0, 0.05) is 5.57 Å². The summed E-state index contributed by atoms with van der Waals surface area (Å²) in [7, 11) is 0. The highest BCUT2D eigenvalue weighted by molar-refractivity contribution is 5.62. The number of hydrogen-bond acceptors (Lipinski definition) is 2. The first-order valence-corrected chi connectivity index (χ1v) is 5.82. The third kappa shape index (κ3) is 3.18. The summed E-state index contributed by atoms with van der Waals surface area (Å²) in [5.74, 6) is 0.220. The molecule has 17 heavy (non-hydrogen) atoms. The van der Waals surface area contributed by atoms with Gasteiger partial charge in [0.05, 0.1) is 12.7 Å². The van der Waals surface area contributed by atoms with Gasteiger partial charge in [-0.05, 0) is 42.5 Å². The van der Waals surface area contributed by atoms with Gasteiger partial charge in [0.2, 0.25) is 0 Å². The van der Waals surface area contributed by atoms with E-state index in [1.165, 1.54) is 0 Å². The lowest BCUT2D eigenvalue weighted by atomic mass is 9.95. The number of nitriles is 1. The molecule has 0 aliphatic heterocycles. The summed E-state index contributed by atoms with van der Waals surface area (Å²) < 4.78 is 0. The zero-order chi connectivity index (χ0) is 13.0. The Bertz CT molecular complexity index is 478. The van der Waals surface area contributed by atoms with Crippen molar-refractivity contribution >= 4 is 6.08 Å². The maximum absolute atomic E-state index is 9.28. The van der Waals surface area contributed by atoms with Gasteiger partial charge in [-0.3, -0.25) is 0 Å². The summed E-state index contributed by atoms with van der Waals surface area (Å²) in [5, 5.41) is 18.4. The van der Waals surface area contributed by atoms with Crippen LogP contribution in [0.3, 0.4) is 0 Å². The van der Waals surface area contributed by atoms with Crippen molar-refractivity contribution in [2.24, 2.45) is 5.92 Å². The molecule has 0 saturated heterocycles. The van der Waals surface area contributed by atoms with Gasteiger partial charge in [-0.2, -0.15) is 5.26 Å². The van der Waals surface area contributed by atoms with Gasteiger partial charge in [0.1, 0.15) is 0 Å². The third-order valence-electron chi connectivity index (χ3n) is 2.93. The minimum atomic E-state index is 0.0396. The van der Waals surface area contributed by atoms with Crippen LogP contribution in [0.4, 0.5) is 0 Å². The van der Waals surface area contributed by atoms with Gasteiger partial charge < -0.3 is 5.11 Å². The third-order valence-corrected chi connectivity index (χ3v) is 2.93. The van der Waals surface area contributed by atoms with Crippen molar-refractivity contribution in [2.75, 3.05) is 0 Å². The van der Waals surface area contributed by atoms with Gasteiger partial charge in [-0.15, -0.1) is 0 Å². The summed E-state index contributed by atoms with van der Waals surface area (Å²) in [6.45, 7) is 8.03. The van der Waals surface area contributed by atoms with Crippen molar-refractivity contribution in [3.63, 3.8) is 0 Å². The molecule has 0 aliphatic carbocycles. The molecule has 1 rings (SSSR count). The Labute approximate surface area is 103 Å². The average Bonchev–Trinajstić information content (AvgIpc) is 2.29. The predicted molar refractivity (Wildman–Crippen MR) is 70.3 cm³/mol. The minimum Gasteiger partial charge on any atom is -0.392 e. The van der Waals surface area contributed by atoms with E-state index in [-0.39, 0.29) is 12.5 Å². The molecule has 0 fully saturated rings. The molecular weight excluding hydrogens is 210 g/mol. The minimum absolute atomic E-state index is 0.0396. The van der Waals surface area contributed by atoms with E-state index in [2.05, 4.69) is 6.07 Å². The number of rotatable bonds is 3. The monoisotopic (exact) mass is 229 g/mol. The van der Waals surface area contributed by atoms with E-state index < -0.39 is 0 Å². The van der Waals surface area contributed by atoms with E-state index in [9.17, 15) is 5.11 Å². The number of aliphatic hydroxyl groups excluding tert-OH is 1. The van der Waals surface area contributed by atoms with Gasteiger partial charge in [-0.1, -0.05) is 31.5 Å². The summed E-state index contributed by atoms with van der Waals surface area (Å²) in [6, 6.07) is 6.26. The lowest BCUT2D eigenvalue weighted by molar-refractivity contribution is 0.281. The standard InChI is InChI=1S/C15H19NO/c1-10(2)14(8-16)7-13-5-11(3)6-15(9-17)12(13)4/h5-7,10,17H,9H2,1-4H3/b14-7+. The van der Waals surface area contributed by atoms with Gasteiger partial charge in [-0.25, -0.2) is 0 Å². The lowest BCUT2D eigenvalue weighted by Gasteiger charge is -2.10. The second kappa shape index (κ2) is 5.65. The van der Waals surface area contributed by atoms with Crippen LogP contribution in [0.5, 0.6) is 0 Å². The fourth-order valence-corrected chi connectivity index (χ4v) is 1.77. The van der Waals surface area contributed by atoms with Crippen LogP contribution < -0.4 is 0 Å². The highest BCUT2D eigenvalue weighted by atomic mass is 16.3. The SMILES string of the molecule is Cc1cc(/C=C(\C#N)C(C)C)c(C)c(CO)c1. The maximum atomic E-state index is 9.28. The summed E-state index contributed by atoms with van der Waals surface area (Å²) in [5.41, 5.74) is 4.87. The first-order valence-electron chi connectivity index (χ1n) is 5.82. The Kier molecular flexibility index (Phi) is 4.48. The fraction of sp³-hybridized carbons (Fsp3) is 0.400. The van der Waals surface area contributed by atoms with Crippen LogP contribution in [0.1, 0.15) is 36.1 Å². The second-order valence-electron chi connectivity index (χ2n) is 4.66. The summed E-state index contributed by atoms with van der Waals surface area (Å²) in [6.07, 6.45) is 1.92. The van der Waals surface area contributed by atoms with Crippen molar-refractivity contribution in [3.8, 4) is 6.07 Å². The van der Waals surface area contributed by atoms with Crippen molar-refractivity contribution in [3.05, 3.63) is 40.0 Å². The van der Waals surface area contributed by atoms with Crippen LogP contribution in [0.2, 0.25) is 0 Å². The number of aliphatic hydroxyl groups is 1. The largest absolute Gasteiger partial charge is 0.392 e. The molecule has 2 nitrogen and oxygen atoms in total. The first kappa shape index (κ1) is 13.5. The van der Waals surface area contributed by atoms with Crippen LogP contribution in [0, 0.1) is 31.1 Å². The van der Waals surface area contributed by atoms with Gasteiger partial charge in [0.25, 0.3) is 0 Å². The Hall–Kier alpha value is -1.59. The number of nitrogens with zero attached hydrogens (tertiary/aromatic N) is 1. The normalized spacial score (nSPS) is 11.7. The molecule has 0 amide bonds. The molecule has 2 heteroatoms. The van der Waals surface area contributed by atoms with Crippen molar-refractivity contribution in [1.82, 2.24) is 0 Å². The van der Waals surface area contributed by atoms with Crippen LogP contribution in [0.25, 0.3) is 6.08 Å². The molecule has 0 radical (unpaired) electrons. The van der Waals surface area contributed by atoms with E-state index in [1.807, 2.05) is 45.9 Å². The van der Waals surface area contributed by atoms with Crippen molar-refractivity contribution in [1.29, 1.82) is 5.26 Å². The molecule has 1 aromatic rings. The smallest absolute Gasteiger partial charge is 0.0950 e. The zero-order valence-corrected chi connectivity index (χ0v) is 10.9. The fourth-order valence-electron chi connectivity index (χ4n) is 1.77. The number of allylic oxidation sites excluding steroid dienone is 1. The van der Waals surface area contributed by atoms with Crippen molar-refractivity contribution in [2.45, 2.75) is 34.3 Å². The Morgan fingerprint density at radius 1 is 1.41 bits per heavy atom. The Morgan fingerprint density at radius 3 is 2.53 bits per heavy atom. The second-order valence-corrected chi connectivity index (χ2v) is 4.66. The van der Waals surface area contributed by atoms with Crippen LogP contribution >= 0.6 is 0 Å². The van der Waals surface area contributed by atoms with Gasteiger partial charge in [0.15, 0.2) is 0 Å². The predicted octanol–water partition coefficient (Wildman–Crippen LogP) is 3.36. The Balaban J connectivity index is 3.33. The molecular formula is C15H19NO. The zero-order valence-electron chi connectivity index (χ0n) is 10.9. The van der Waals surface area contributed by atoms with E-state index in [1.54, 1.807) is 0 Å². The van der Waals surface area contributed by atoms with Crippen LogP contribution in [-0.4, -0.2) is 5.11 Å². The topological polar surface area (TPSA) is 44.0 Å². The van der Waals surface area contributed by atoms with E-state index in [0.29, 0.717) is 0 Å². The highest BCUT2D eigenvalue weighted by Gasteiger charge is 2.07. The van der Waals surface area contributed by atoms with E-state index >= 15 is 0 Å². The Morgan fingerprint density at radius 2 is 2.06 bits per heavy atom. The molecule has 1 aromatic carbocycles. The summed E-state index contributed by atoms with van der Waals surface area (Å²) in [4.78, 5) is 0. The quantitative estimate of drug-likeness (QED) is 0.808. The molecule has 1 N–H and O–H groups in total. The maximum Gasteiger partial charge on any atom is 0.0950 e. The molecule has 0 bridgehead atoms. The highest BCUT2D eigenvalue weighted by Crippen LogP contribution is 2.21. The van der Waals surface area contributed by atoms with Crippen LogP contribution in [-0.2, 0) is 6.61 Å². The van der Waals surface area contributed by atoms with Crippen molar-refractivity contribution < 1.29 is 5.11 Å². The van der Waals surface area contributed by atoms with Crippen LogP contribution in [0.15, 0.2) is 17.7 Å². The molecule has 0 atom stereocenters. The van der Waals surface area contributed by atoms with E-state index in [0.717, 1.165) is 27.8 Å². The molecule has 0 unspecified atom stereocenters. The van der Waals surface area contributed by atoms with E-state index in [4.69, 9.17) is 5.26 Å². The molecule has 0 aromatic heterocycles. The first-order chi connectivity index (χ1) is 7.99. The molecule has 0 aliphatic rings.